The van der Waals surface area contributed by atoms with Gasteiger partial charge in [0.15, 0.2) is 0 Å². The van der Waals surface area contributed by atoms with E-state index in [9.17, 15) is 4.79 Å². The highest BCUT2D eigenvalue weighted by atomic mass is 32.1. The molecule has 2 fully saturated rings. The van der Waals surface area contributed by atoms with Gasteiger partial charge in [0.25, 0.3) is 0 Å². The Bertz CT molecular complexity index is 578. The van der Waals surface area contributed by atoms with Crippen LogP contribution in [0.5, 0.6) is 0 Å². The van der Waals surface area contributed by atoms with Crippen LogP contribution in [0.4, 0.5) is 0 Å². The summed E-state index contributed by atoms with van der Waals surface area (Å²) in [7, 11) is 1.94. The SMILES string of the molecule is CCCCC1CCC(C(=O)N(C)Cc2csc(CN3CCOCC3)n2)CC1. The minimum Gasteiger partial charge on any atom is -0.379 e. The van der Waals surface area contributed by atoms with Gasteiger partial charge in [0.2, 0.25) is 5.91 Å². The molecule has 0 aromatic carbocycles. The Kier molecular flexibility index (Phi) is 8.09. The molecule has 0 atom stereocenters. The Morgan fingerprint density at radius 3 is 2.74 bits per heavy atom. The van der Waals surface area contributed by atoms with Crippen molar-refractivity contribution in [2.45, 2.75) is 65.0 Å². The molecule has 1 aliphatic carbocycles. The van der Waals surface area contributed by atoms with Crippen molar-refractivity contribution in [3.63, 3.8) is 0 Å². The molecule has 1 saturated carbocycles. The molecule has 0 N–H and O–H groups in total. The molecule has 152 valence electrons. The first-order valence-electron chi connectivity index (χ1n) is 10.6. The molecule has 0 unspecified atom stereocenters. The van der Waals surface area contributed by atoms with Crippen molar-refractivity contribution in [2.24, 2.45) is 11.8 Å². The fourth-order valence-electron chi connectivity index (χ4n) is 4.27. The fourth-order valence-corrected chi connectivity index (χ4v) is 5.09. The second-order valence-electron chi connectivity index (χ2n) is 8.18. The number of nitrogens with zero attached hydrogens (tertiary/aromatic N) is 3. The van der Waals surface area contributed by atoms with Crippen molar-refractivity contribution in [3.8, 4) is 0 Å². The van der Waals surface area contributed by atoms with Gasteiger partial charge in [-0.2, -0.15) is 0 Å². The number of rotatable bonds is 8. The van der Waals surface area contributed by atoms with Crippen LogP contribution in [-0.2, 0) is 22.6 Å². The van der Waals surface area contributed by atoms with E-state index in [1.54, 1.807) is 11.3 Å². The van der Waals surface area contributed by atoms with Crippen LogP contribution in [0.2, 0.25) is 0 Å². The summed E-state index contributed by atoms with van der Waals surface area (Å²) >= 11 is 1.71. The summed E-state index contributed by atoms with van der Waals surface area (Å²) in [6.45, 7) is 7.38. The molecule has 1 aromatic heterocycles. The van der Waals surface area contributed by atoms with Gasteiger partial charge >= 0.3 is 0 Å². The third-order valence-electron chi connectivity index (χ3n) is 6.00. The summed E-state index contributed by atoms with van der Waals surface area (Å²) in [6, 6.07) is 0. The number of thiazole rings is 1. The first-order chi connectivity index (χ1) is 13.2. The van der Waals surface area contributed by atoms with Crippen molar-refractivity contribution in [1.29, 1.82) is 0 Å². The largest absolute Gasteiger partial charge is 0.379 e. The van der Waals surface area contributed by atoms with Crippen LogP contribution < -0.4 is 0 Å². The van der Waals surface area contributed by atoms with Gasteiger partial charge in [-0.15, -0.1) is 11.3 Å². The van der Waals surface area contributed by atoms with Crippen molar-refractivity contribution >= 4 is 17.2 Å². The van der Waals surface area contributed by atoms with Gasteiger partial charge in [0.1, 0.15) is 5.01 Å². The van der Waals surface area contributed by atoms with Crippen LogP contribution in [0, 0.1) is 11.8 Å². The van der Waals surface area contributed by atoms with Gasteiger partial charge in [0.05, 0.1) is 32.0 Å². The number of hydrogen-bond acceptors (Lipinski definition) is 5. The maximum atomic E-state index is 12.8. The Hall–Kier alpha value is -0.980. The van der Waals surface area contributed by atoms with Crippen molar-refractivity contribution in [1.82, 2.24) is 14.8 Å². The maximum absolute atomic E-state index is 12.8. The average molecular weight is 394 g/mol. The van der Waals surface area contributed by atoms with Crippen LogP contribution in [-0.4, -0.2) is 54.0 Å². The highest BCUT2D eigenvalue weighted by molar-refractivity contribution is 7.09. The first-order valence-corrected chi connectivity index (χ1v) is 11.5. The van der Waals surface area contributed by atoms with Crippen LogP contribution in [0.15, 0.2) is 5.38 Å². The monoisotopic (exact) mass is 393 g/mol. The lowest BCUT2D eigenvalue weighted by molar-refractivity contribution is -0.136. The molecular weight excluding hydrogens is 358 g/mol. The Morgan fingerprint density at radius 1 is 1.30 bits per heavy atom. The van der Waals surface area contributed by atoms with Crippen LogP contribution in [0.25, 0.3) is 0 Å². The second kappa shape index (κ2) is 10.5. The quantitative estimate of drug-likeness (QED) is 0.671. The van der Waals surface area contributed by atoms with Crippen molar-refractivity contribution in [2.75, 3.05) is 33.4 Å². The van der Waals surface area contributed by atoms with E-state index in [2.05, 4.69) is 17.2 Å². The molecule has 3 rings (SSSR count). The molecule has 0 bridgehead atoms. The summed E-state index contributed by atoms with van der Waals surface area (Å²) < 4.78 is 5.40. The lowest BCUT2D eigenvalue weighted by Crippen LogP contribution is -2.35. The van der Waals surface area contributed by atoms with Crippen LogP contribution in [0.1, 0.15) is 62.6 Å². The number of ether oxygens (including phenoxy) is 1. The molecular formula is C21H35N3O2S. The van der Waals surface area contributed by atoms with Gasteiger partial charge in [-0.1, -0.05) is 26.2 Å². The highest BCUT2D eigenvalue weighted by Gasteiger charge is 2.28. The third kappa shape index (κ3) is 6.26. The minimum atomic E-state index is 0.222. The van der Waals surface area contributed by atoms with Gasteiger partial charge < -0.3 is 9.64 Å². The van der Waals surface area contributed by atoms with E-state index in [-0.39, 0.29) is 5.92 Å². The highest BCUT2D eigenvalue weighted by Crippen LogP contribution is 2.33. The van der Waals surface area contributed by atoms with E-state index >= 15 is 0 Å². The normalized spacial score (nSPS) is 24.1. The van der Waals surface area contributed by atoms with Crippen LogP contribution in [0.3, 0.4) is 0 Å². The van der Waals surface area contributed by atoms with E-state index in [0.29, 0.717) is 12.5 Å². The molecule has 1 amide bonds. The molecule has 5 nitrogen and oxygen atoms in total. The molecule has 1 aromatic rings. The number of carbonyl (C=O) groups is 1. The average Bonchev–Trinajstić information content (AvgIpc) is 3.13. The molecule has 0 spiro atoms. The fraction of sp³-hybridized carbons (Fsp3) is 0.810. The molecule has 27 heavy (non-hydrogen) atoms. The predicted molar refractivity (Wildman–Crippen MR) is 110 cm³/mol. The summed E-state index contributed by atoms with van der Waals surface area (Å²) in [5.74, 6) is 1.38. The Labute approximate surface area is 168 Å². The van der Waals surface area contributed by atoms with Gasteiger partial charge in [-0.25, -0.2) is 4.98 Å². The lowest BCUT2D eigenvalue weighted by atomic mass is 9.79. The zero-order valence-electron chi connectivity index (χ0n) is 17.0. The summed E-state index contributed by atoms with van der Waals surface area (Å²) in [4.78, 5) is 21.9. The second-order valence-corrected chi connectivity index (χ2v) is 9.12. The van der Waals surface area contributed by atoms with E-state index in [1.807, 2.05) is 11.9 Å². The smallest absolute Gasteiger partial charge is 0.225 e. The molecule has 1 saturated heterocycles. The zero-order chi connectivity index (χ0) is 19.1. The van der Waals surface area contributed by atoms with Gasteiger partial charge in [0, 0.05) is 31.4 Å². The summed E-state index contributed by atoms with van der Waals surface area (Å²) in [6.07, 6.45) is 8.55. The van der Waals surface area contributed by atoms with Crippen molar-refractivity contribution < 1.29 is 9.53 Å². The molecule has 2 heterocycles. The van der Waals surface area contributed by atoms with E-state index in [0.717, 1.165) is 62.3 Å². The minimum absolute atomic E-state index is 0.222. The standard InChI is InChI=1S/C21H35N3O2S/c1-3-4-5-17-6-8-18(9-7-17)21(25)23(2)14-19-16-27-20(22-19)15-24-10-12-26-13-11-24/h16-18H,3-15H2,1-2H3. The zero-order valence-corrected chi connectivity index (χ0v) is 17.8. The van der Waals surface area contributed by atoms with Gasteiger partial charge in [-0.05, 0) is 31.6 Å². The Balaban J connectivity index is 1.43. The topological polar surface area (TPSA) is 45.7 Å². The molecule has 1 aliphatic heterocycles. The summed E-state index contributed by atoms with van der Waals surface area (Å²) in [5, 5.41) is 3.26. The van der Waals surface area contributed by atoms with E-state index < -0.39 is 0 Å². The van der Waals surface area contributed by atoms with Crippen LogP contribution >= 0.6 is 11.3 Å². The first kappa shape index (κ1) is 20.7. The predicted octanol–water partition coefficient (Wildman–Crippen LogP) is 3.93. The number of amides is 1. The number of hydrogen-bond donors (Lipinski definition) is 0. The number of morpholine rings is 1. The lowest BCUT2D eigenvalue weighted by Gasteiger charge is -2.30. The third-order valence-corrected chi connectivity index (χ3v) is 6.88. The Morgan fingerprint density at radius 2 is 2.04 bits per heavy atom. The molecule has 6 heteroatoms. The number of unbranched alkanes of at least 4 members (excludes halogenated alkanes) is 1. The van der Waals surface area contributed by atoms with Gasteiger partial charge in [-0.3, -0.25) is 9.69 Å². The summed E-state index contributed by atoms with van der Waals surface area (Å²) in [5.41, 5.74) is 1.02. The number of carbonyl (C=O) groups excluding carboxylic acids is 1. The number of aromatic nitrogens is 1. The maximum Gasteiger partial charge on any atom is 0.225 e. The van der Waals surface area contributed by atoms with E-state index in [4.69, 9.17) is 9.72 Å². The molecule has 0 radical (unpaired) electrons. The van der Waals surface area contributed by atoms with E-state index in [1.165, 1.54) is 32.1 Å². The van der Waals surface area contributed by atoms with Crippen molar-refractivity contribution in [3.05, 3.63) is 16.1 Å². The molecule has 2 aliphatic rings.